The van der Waals surface area contributed by atoms with E-state index >= 15 is 0 Å². The molecule has 0 aliphatic heterocycles. The number of rotatable bonds is 7. The lowest BCUT2D eigenvalue weighted by atomic mass is 9.85. The highest BCUT2D eigenvalue weighted by Gasteiger charge is 2.18. The zero-order valence-corrected chi connectivity index (χ0v) is 10.2. The van der Waals surface area contributed by atoms with Gasteiger partial charge < -0.3 is 14.7 Å². The van der Waals surface area contributed by atoms with Crippen molar-refractivity contribution in [3.8, 4) is 0 Å². The number of hydroxylamine groups is 1. The van der Waals surface area contributed by atoms with E-state index in [-0.39, 0.29) is 0 Å². The minimum atomic E-state index is -0.505. The van der Waals surface area contributed by atoms with Crippen molar-refractivity contribution in [3.05, 3.63) is 12.2 Å². The molecule has 0 saturated carbocycles. The second-order valence-electron chi connectivity index (χ2n) is 4.42. The lowest BCUT2D eigenvalue weighted by Gasteiger charge is -2.25. The second-order valence-corrected chi connectivity index (χ2v) is 4.42. The van der Waals surface area contributed by atoms with E-state index in [1.165, 1.54) is 7.11 Å². The molecule has 0 radical (unpaired) electrons. The lowest BCUT2D eigenvalue weighted by Crippen LogP contribution is -2.31. The highest BCUT2D eigenvalue weighted by Crippen LogP contribution is 2.24. The summed E-state index contributed by atoms with van der Waals surface area (Å²) in [6.45, 7) is 3.75. The highest BCUT2D eigenvalue weighted by molar-refractivity contribution is 4.93. The van der Waals surface area contributed by atoms with Crippen LogP contribution in [-0.2, 0) is 9.57 Å². The second kappa shape index (κ2) is 7.79. The molecule has 0 aromatic heterocycles. The summed E-state index contributed by atoms with van der Waals surface area (Å²) in [5.74, 6) is 1.27. The standard InChI is InChI=1S/C12H23NO3/c1-10-5-3-4-6-11(10)8-16-9-12(14)7-13-15-2/h3-4,10-14H,5-9H2,1-2H3. The molecule has 1 aliphatic rings. The summed E-state index contributed by atoms with van der Waals surface area (Å²) in [6.07, 6.45) is 6.18. The SMILES string of the molecule is CONCC(O)COCC1CC=CCC1C. The molecule has 94 valence electrons. The number of nitrogens with one attached hydrogen (secondary N) is 1. The molecule has 1 aliphatic carbocycles. The molecular weight excluding hydrogens is 206 g/mol. The third-order valence-corrected chi connectivity index (χ3v) is 3.02. The van der Waals surface area contributed by atoms with Crippen LogP contribution in [0.3, 0.4) is 0 Å². The molecule has 4 heteroatoms. The van der Waals surface area contributed by atoms with Crippen molar-refractivity contribution in [2.24, 2.45) is 11.8 Å². The summed E-state index contributed by atoms with van der Waals surface area (Å²) >= 11 is 0. The average molecular weight is 229 g/mol. The average Bonchev–Trinajstić information content (AvgIpc) is 2.29. The van der Waals surface area contributed by atoms with E-state index in [1.807, 2.05) is 0 Å². The Kier molecular flexibility index (Phi) is 6.64. The minimum absolute atomic E-state index is 0.364. The molecule has 16 heavy (non-hydrogen) atoms. The molecule has 1 rings (SSSR count). The van der Waals surface area contributed by atoms with Crippen LogP contribution < -0.4 is 5.48 Å². The van der Waals surface area contributed by atoms with E-state index in [4.69, 9.17) is 4.74 Å². The Labute approximate surface area is 97.6 Å². The number of allylic oxidation sites excluding steroid dienone is 2. The monoisotopic (exact) mass is 229 g/mol. The fraction of sp³-hybridized carbons (Fsp3) is 0.833. The van der Waals surface area contributed by atoms with Gasteiger partial charge in [0.1, 0.15) is 0 Å². The van der Waals surface area contributed by atoms with Gasteiger partial charge in [-0.25, -0.2) is 5.48 Å². The van der Waals surface area contributed by atoms with Crippen molar-refractivity contribution in [1.82, 2.24) is 5.48 Å². The van der Waals surface area contributed by atoms with Gasteiger partial charge in [-0.15, -0.1) is 0 Å². The van der Waals surface area contributed by atoms with Crippen molar-refractivity contribution >= 4 is 0 Å². The van der Waals surface area contributed by atoms with Crippen LogP contribution in [0.1, 0.15) is 19.8 Å². The normalized spacial score (nSPS) is 26.9. The number of aliphatic hydroxyl groups is 1. The van der Waals surface area contributed by atoms with Crippen LogP contribution in [0.2, 0.25) is 0 Å². The first-order valence-electron chi connectivity index (χ1n) is 5.90. The molecule has 3 atom stereocenters. The molecule has 0 fully saturated rings. The predicted octanol–water partition coefficient (Wildman–Crippen LogP) is 1.12. The van der Waals surface area contributed by atoms with Crippen molar-refractivity contribution in [1.29, 1.82) is 0 Å². The van der Waals surface area contributed by atoms with Gasteiger partial charge in [-0.1, -0.05) is 19.1 Å². The van der Waals surface area contributed by atoms with Crippen molar-refractivity contribution in [2.75, 3.05) is 26.9 Å². The van der Waals surface area contributed by atoms with Crippen LogP contribution in [0.5, 0.6) is 0 Å². The molecule has 4 nitrogen and oxygen atoms in total. The summed E-state index contributed by atoms with van der Waals surface area (Å²) in [4.78, 5) is 4.65. The van der Waals surface area contributed by atoms with E-state index in [2.05, 4.69) is 29.4 Å². The third-order valence-electron chi connectivity index (χ3n) is 3.02. The number of hydrogen-bond acceptors (Lipinski definition) is 4. The predicted molar refractivity (Wildman–Crippen MR) is 62.9 cm³/mol. The van der Waals surface area contributed by atoms with Gasteiger partial charge >= 0.3 is 0 Å². The van der Waals surface area contributed by atoms with Gasteiger partial charge in [-0.2, -0.15) is 0 Å². The number of aliphatic hydroxyl groups excluding tert-OH is 1. The zero-order valence-electron chi connectivity index (χ0n) is 10.2. The van der Waals surface area contributed by atoms with E-state index in [9.17, 15) is 5.11 Å². The quantitative estimate of drug-likeness (QED) is 0.507. The van der Waals surface area contributed by atoms with Crippen LogP contribution in [0.4, 0.5) is 0 Å². The molecule has 0 amide bonds. The summed E-state index contributed by atoms with van der Waals surface area (Å²) < 4.78 is 5.52. The fourth-order valence-electron chi connectivity index (χ4n) is 1.83. The first kappa shape index (κ1) is 13.6. The van der Waals surface area contributed by atoms with Crippen molar-refractivity contribution in [3.63, 3.8) is 0 Å². The largest absolute Gasteiger partial charge is 0.389 e. The van der Waals surface area contributed by atoms with E-state index in [0.717, 1.165) is 19.4 Å². The van der Waals surface area contributed by atoms with Gasteiger partial charge in [0.2, 0.25) is 0 Å². The summed E-state index contributed by atoms with van der Waals surface area (Å²) in [6, 6.07) is 0. The van der Waals surface area contributed by atoms with E-state index in [0.29, 0.717) is 25.0 Å². The first-order chi connectivity index (χ1) is 7.74. The van der Waals surface area contributed by atoms with E-state index in [1.54, 1.807) is 0 Å². The number of ether oxygens (including phenoxy) is 1. The molecule has 0 saturated heterocycles. The smallest absolute Gasteiger partial charge is 0.0920 e. The van der Waals surface area contributed by atoms with Gasteiger partial charge in [-0.3, -0.25) is 0 Å². The molecule has 2 N–H and O–H groups in total. The van der Waals surface area contributed by atoms with Gasteiger partial charge in [0, 0.05) is 6.54 Å². The van der Waals surface area contributed by atoms with Gasteiger partial charge in [0.25, 0.3) is 0 Å². The van der Waals surface area contributed by atoms with Gasteiger partial charge in [-0.05, 0) is 24.7 Å². The maximum Gasteiger partial charge on any atom is 0.0920 e. The zero-order chi connectivity index (χ0) is 11.8. The Hall–Kier alpha value is -0.420. The molecule has 0 spiro atoms. The summed E-state index contributed by atoms with van der Waals surface area (Å²) in [7, 11) is 1.53. The Morgan fingerprint density at radius 1 is 1.44 bits per heavy atom. The summed E-state index contributed by atoms with van der Waals surface area (Å²) in [5, 5.41) is 9.49. The van der Waals surface area contributed by atoms with Gasteiger partial charge in [0.05, 0.1) is 26.4 Å². The minimum Gasteiger partial charge on any atom is -0.389 e. The Bertz CT molecular complexity index is 208. The number of hydrogen-bond donors (Lipinski definition) is 2. The molecule has 0 bridgehead atoms. The maximum atomic E-state index is 9.49. The Morgan fingerprint density at radius 2 is 2.19 bits per heavy atom. The molecule has 3 unspecified atom stereocenters. The van der Waals surface area contributed by atoms with E-state index < -0.39 is 6.10 Å². The summed E-state index contributed by atoms with van der Waals surface area (Å²) in [5.41, 5.74) is 2.60. The Balaban J connectivity index is 2.08. The Morgan fingerprint density at radius 3 is 2.88 bits per heavy atom. The van der Waals surface area contributed by atoms with Crippen molar-refractivity contribution < 1.29 is 14.7 Å². The lowest BCUT2D eigenvalue weighted by molar-refractivity contribution is -0.0112. The van der Waals surface area contributed by atoms with Crippen LogP contribution in [-0.4, -0.2) is 38.1 Å². The molecular formula is C12H23NO3. The van der Waals surface area contributed by atoms with Crippen LogP contribution in [0.25, 0.3) is 0 Å². The molecule has 0 aromatic carbocycles. The third kappa shape index (κ3) is 5.07. The molecule has 0 heterocycles. The highest BCUT2D eigenvalue weighted by atomic mass is 16.6. The first-order valence-corrected chi connectivity index (χ1v) is 5.90. The van der Waals surface area contributed by atoms with Crippen LogP contribution >= 0.6 is 0 Å². The van der Waals surface area contributed by atoms with Crippen molar-refractivity contribution in [2.45, 2.75) is 25.9 Å². The fourth-order valence-corrected chi connectivity index (χ4v) is 1.83. The maximum absolute atomic E-state index is 9.49. The molecule has 0 aromatic rings. The topological polar surface area (TPSA) is 50.7 Å². The van der Waals surface area contributed by atoms with Gasteiger partial charge in [0.15, 0.2) is 0 Å². The van der Waals surface area contributed by atoms with Crippen LogP contribution in [0.15, 0.2) is 12.2 Å². The van der Waals surface area contributed by atoms with Crippen LogP contribution in [0, 0.1) is 11.8 Å².